The fourth-order valence-corrected chi connectivity index (χ4v) is 9.87. The van der Waals surface area contributed by atoms with Gasteiger partial charge in [-0.1, -0.05) is 141 Å². The minimum atomic E-state index is -0.162. The van der Waals surface area contributed by atoms with Crippen LogP contribution in [-0.4, -0.2) is 4.57 Å². The van der Waals surface area contributed by atoms with Crippen LogP contribution in [0.2, 0.25) is 0 Å². The lowest BCUT2D eigenvalue weighted by Gasteiger charge is -2.28. The molecule has 9 aromatic carbocycles. The molecule has 0 radical (unpaired) electrons. The Labute approximate surface area is 349 Å². The van der Waals surface area contributed by atoms with Crippen molar-refractivity contribution < 1.29 is 4.42 Å². The predicted octanol–water partition coefficient (Wildman–Crippen LogP) is 15.8. The van der Waals surface area contributed by atoms with E-state index < -0.39 is 0 Å². The number of nitrogens with zero attached hydrogens (tertiary/aromatic N) is 2. The molecule has 0 aliphatic heterocycles. The van der Waals surface area contributed by atoms with Gasteiger partial charge in [-0.25, -0.2) is 0 Å². The zero-order valence-corrected chi connectivity index (χ0v) is 33.4. The van der Waals surface area contributed by atoms with Crippen LogP contribution in [0.3, 0.4) is 0 Å². The summed E-state index contributed by atoms with van der Waals surface area (Å²) in [5.41, 5.74) is 18.6. The third kappa shape index (κ3) is 5.22. The van der Waals surface area contributed by atoms with Crippen LogP contribution in [0.5, 0.6) is 0 Å². The van der Waals surface area contributed by atoms with Crippen molar-refractivity contribution in [3.63, 3.8) is 0 Å². The maximum absolute atomic E-state index is 6.35. The van der Waals surface area contributed by atoms with Crippen molar-refractivity contribution in [3.05, 3.63) is 217 Å². The normalized spacial score (nSPS) is 13.0. The first-order valence-electron chi connectivity index (χ1n) is 20.8. The first-order valence-corrected chi connectivity index (χ1v) is 20.8. The molecule has 0 saturated heterocycles. The smallest absolute Gasteiger partial charge is 0.136 e. The maximum atomic E-state index is 6.35. The lowest BCUT2D eigenvalue weighted by molar-refractivity contribution is 0.660. The molecule has 284 valence electrons. The SMILES string of the molecule is CC1(C)c2ccc(-c3ccccc3)cc2-c2ccc(N(c3ccc(-c4ccccc4)cc3)c3ccc(-n4c5ccccc5c5c6c(ccc54)oc4ccccc46)cc3)cc21. The van der Waals surface area contributed by atoms with Crippen LogP contribution >= 0.6 is 0 Å². The number of hydrogen-bond donors (Lipinski definition) is 0. The van der Waals surface area contributed by atoms with Gasteiger partial charge < -0.3 is 13.9 Å². The molecule has 0 unspecified atom stereocenters. The fraction of sp³-hybridized carbons (Fsp3) is 0.0526. The molecule has 3 heteroatoms. The molecule has 60 heavy (non-hydrogen) atoms. The van der Waals surface area contributed by atoms with E-state index in [2.05, 4.69) is 224 Å². The Balaban J connectivity index is 1.000. The third-order valence-corrected chi connectivity index (χ3v) is 12.8. The summed E-state index contributed by atoms with van der Waals surface area (Å²) in [7, 11) is 0. The summed E-state index contributed by atoms with van der Waals surface area (Å²) in [5, 5.41) is 4.74. The zero-order valence-electron chi connectivity index (χ0n) is 33.4. The molecule has 2 heterocycles. The van der Waals surface area contributed by atoms with Crippen molar-refractivity contribution in [2.45, 2.75) is 19.3 Å². The van der Waals surface area contributed by atoms with Crippen LogP contribution in [-0.2, 0) is 5.41 Å². The highest BCUT2D eigenvalue weighted by Crippen LogP contribution is 2.52. The van der Waals surface area contributed by atoms with Crippen molar-refractivity contribution in [1.29, 1.82) is 0 Å². The molecule has 0 spiro atoms. The number of fused-ring (bicyclic) bond motifs is 10. The lowest BCUT2D eigenvalue weighted by atomic mass is 9.82. The monoisotopic (exact) mass is 768 g/mol. The number of anilines is 3. The second-order valence-electron chi connectivity index (χ2n) is 16.5. The molecular weight excluding hydrogens is 729 g/mol. The van der Waals surface area contributed by atoms with E-state index in [-0.39, 0.29) is 5.41 Å². The zero-order chi connectivity index (χ0) is 40.0. The molecule has 0 atom stereocenters. The highest BCUT2D eigenvalue weighted by molar-refractivity contribution is 6.27. The standard InChI is InChI=1S/C57H40N2O/c1-57(2)49-32-23-40(38-15-7-4-8-16-38)35-48(49)45-31-30-44(36-50(45)57)58(41-24-21-39(22-25-41)37-13-5-3-6-14-37)42-26-28-43(29-27-42)59-51-19-11-9-17-46(51)55-52(59)33-34-54-56(55)47-18-10-12-20-53(47)60-54/h3-36H,1-2H3. The van der Waals surface area contributed by atoms with E-state index in [1.54, 1.807) is 0 Å². The number of para-hydroxylation sites is 2. The molecule has 3 nitrogen and oxygen atoms in total. The van der Waals surface area contributed by atoms with Gasteiger partial charge in [0, 0.05) is 49.7 Å². The van der Waals surface area contributed by atoms with Crippen molar-refractivity contribution in [2.24, 2.45) is 0 Å². The minimum Gasteiger partial charge on any atom is -0.456 e. The van der Waals surface area contributed by atoms with Crippen LogP contribution in [0.1, 0.15) is 25.0 Å². The second-order valence-corrected chi connectivity index (χ2v) is 16.5. The number of aromatic nitrogens is 1. The van der Waals surface area contributed by atoms with E-state index in [9.17, 15) is 0 Å². The van der Waals surface area contributed by atoms with E-state index in [1.807, 2.05) is 6.07 Å². The summed E-state index contributed by atoms with van der Waals surface area (Å²) in [6, 6.07) is 74.8. The number of benzene rings is 9. The first kappa shape index (κ1) is 34.4. The predicted molar refractivity (Wildman–Crippen MR) is 251 cm³/mol. The Kier molecular flexibility index (Phi) is 7.58. The Morgan fingerprint density at radius 3 is 1.75 bits per heavy atom. The van der Waals surface area contributed by atoms with Crippen molar-refractivity contribution in [2.75, 3.05) is 4.90 Å². The highest BCUT2D eigenvalue weighted by Gasteiger charge is 2.36. The van der Waals surface area contributed by atoms with Gasteiger partial charge in [0.15, 0.2) is 0 Å². The average Bonchev–Trinajstić information content (AvgIpc) is 3.92. The van der Waals surface area contributed by atoms with E-state index in [0.29, 0.717) is 0 Å². The fourth-order valence-electron chi connectivity index (χ4n) is 9.87. The Morgan fingerprint density at radius 2 is 1.00 bits per heavy atom. The first-order chi connectivity index (χ1) is 29.5. The average molecular weight is 769 g/mol. The summed E-state index contributed by atoms with van der Waals surface area (Å²) in [5.74, 6) is 0. The van der Waals surface area contributed by atoms with E-state index >= 15 is 0 Å². The van der Waals surface area contributed by atoms with Crippen LogP contribution in [0.25, 0.3) is 82.8 Å². The van der Waals surface area contributed by atoms with E-state index in [4.69, 9.17) is 4.42 Å². The minimum absolute atomic E-state index is 0.162. The largest absolute Gasteiger partial charge is 0.456 e. The number of furan rings is 1. The molecule has 0 fully saturated rings. The Bertz CT molecular complexity index is 3430. The Morgan fingerprint density at radius 1 is 0.400 bits per heavy atom. The lowest BCUT2D eigenvalue weighted by Crippen LogP contribution is -2.16. The molecule has 12 rings (SSSR count). The maximum Gasteiger partial charge on any atom is 0.136 e. The van der Waals surface area contributed by atoms with Gasteiger partial charge in [0.2, 0.25) is 0 Å². The van der Waals surface area contributed by atoms with E-state index in [1.165, 1.54) is 60.8 Å². The van der Waals surface area contributed by atoms with E-state index in [0.717, 1.165) is 50.2 Å². The van der Waals surface area contributed by atoms with Gasteiger partial charge in [0.05, 0.1) is 11.0 Å². The van der Waals surface area contributed by atoms with Gasteiger partial charge in [0.1, 0.15) is 11.2 Å². The molecule has 11 aromatic rings. The van der Waals surface area contributed by atoms with Gasteiger partial charge in [-0.15, -0.1) is 0 Å². The number of rotatable bonds is 6. The summed E-state index contributed by atoms with van der Waals surface area (Å²) in [6.45, 7) is 4.73. The Hall–Kier alpha value is -7.62. The molecule has 0 amide bonds. The van der Waals surface area contributed by atoms with Crippen molar-refractivity contribution in [3.8, 4) is 39.1 Å². The van der Waals surface area contributed by atoms with Crippen LogP contribution < -0.4 is 4.90 Å². The molecule has 0 saturated carbocycles. The molecule has 2 aromatic heterocycles. The third-order valence-electron chi connectivity index (χ3n) is 12.8. The van der Waals surface area contributed by atoms with Gasteiger partial charge in [-0.2, -0.15) is 0 Å². The summed E-state index contributed by atoms with van der Waals surface area (Å²) < 4.78 is 8.75. The summed E-state index contributed by atoms with van der Waals surface area (Å²) >= 11 is 0. The van der Waals surface area contributed by atoms with Crippen molar-refractivity contribution in [1.82, 2.24) is 4.57 Å². The van der Waals surface area contributed by atoms with Gasteiger partial charge in [-0.3, -0.25) is 0 Å². The molecule has 1 aliphatic carbocycles. The van der Waals surface area contributed by atoms with Crippen LogP contribution in [0, 0.1) is 0 Å². The quantitative estimate of drug-likeness (QED) is 0.168. The molecule has 0 N–H and O–H groups in total. The molecule has 0 bridgehead atoms. The highest BCUT2D eigenvalue weighted by atomic mass is 16.3. The second kappa shape index (κ2) is 13.2. The van der Waals surface area contributed by atoms with Gasteiger partial charge >= 0.3 is 0 Å². The molecule has 1 aliphatic rings. The molecular formula is C57H40N2O. The van der Waals surface area contributed by atoms with Gasteiger partial charge in [0.25, 0.3) is 0 Å². The van der Waals surface area contributed by atoms with Crippen LogP contribution in [0.15, 0.2) is 211 Å². The van der Waals surface area contributed by atoms with Gasteiger partial charge in [-0.05, 0) is 123 Å². The summed E-state index contributed by atoms with van der Waals surface area (Å²) in [4.78, 5) is 2.40. The van der Waals surface area contributed by atoms with Crippen LogP contribution in [0.4, 0.5) is 17.1 Å². The number of hydrogen-bond acceptors (Lipinski definition) is 2. The topological polar surface area (TPSA) is 21.3 Å². The van der Waals surface area contributed by atoms with Crippen molar-refractivity contribution >= 4 is 60.8 Å². The summed E-state index contributed by atoms with van der Waals surface area (Å²) in [6.07, 6.45) is 0.